The van der Waals surface area contributed by atoms with Crippen LogP contribution in [0.2, 0.25) is 0 Å². The van der Waals surface area contributed by atoms with Crippen molar-refractivity contribution < 1.29 is 13.9 Å². The Bertz CT molecular complexity index is 697. The minimum atomic E-state index is -0.305. The molecule has 2 aromatic carbocycles. The Kier molecular flexibility index (Phi) is 4.96. The maximum absolute atomic E-state index is 13.7. The molecule has 0 bridgehead atoms. The summed E-state index contributed by atoms with van der Waals surface area (Å²) in [5.41, 5.74) is 1.15. The Morgan fingerprint density at radius 2 is 1.83 bits per heavy atom. The number of rotatable bonds is 4. The van der Waals surface area contributed by atoms with Crippen molar-refractivity contribution in [3.8, 4) is 5.75 Å². The van der Waals surface area contributed by atoms with Crippen LogP contribution in [0.15, 0.2) is 46.9 Å². The molecule has 0 unspecified atom stereocenters. The molecule has 1 aliphatic rings. The molecule has 1 aliphatic heterocycles. The SMILES string of the molecule is O=C(c1ccc(OCc2ccc(Br)cc2F)cc1)N1CCCC1. The first-order chi connectivity index (χ1) is 11.1. The van der Waals surface area contributed by atoms with Crippen molar-refractivity contribution in [1.29, 1.82) is 0 Å². The Balaban J connectivity index is 1.62. The molecule has 0 saturated carbocycles. The van der Waals surface area contributed by atoms with Crippen LogP contribution in [0, 0.1) is 5.82 Å². The highest BCUT2D eigenvalue weighted by molar-refractivity contribution is 9.10. The molecule has 3 rings (SSSR count). The molecule has 0 aromatic heterocycles. The van der Waals surface area contributed by atoms with Gasteiger partial charge in [-0.05, 0) is 49.2 Å². The van der Waals surface area contributed by atoms with E-state index in [4.69, 9.17) is 4.74 Å². The second-order valence-electron chi connectivity index (χ2n) is 5.55. The lowest BCUT2D eigenvalue weighted by Gasteiger charge is -2.15. The summed E-state index contributed by atoms with van der Waals surface area (Å²) >= 11 is 3.22. The fourth-order valence-electron chi connectivity index (χ4n) is 2.60. The summed E-state index contributed by atoms with van der Waals surface area (Å²) in [5.74, 6) is 0.374. The summed E-state index contributed by atoms with van der Waals surface area (Å²) in [7, 11) is 0. The van der Waals surface area contributed by atoms with Crippen molar-refractivity contribution in [2.75, 3.05) is 13.1 Å². The number of amides is 1. The van der Waals surface area contributed by atoms with Crippen LogP contribution in [0.25, 0.3) is 0 Å². The highest BCUT2D eigenvalue weighted by Crippen LogP contribution is 2.20. The van der Waals surface area contributed by atoms with Gasteiger partial charge in [0.1, 0.15) is 18.2 Å². The zero-order chi connectivity index (χ0) is 16.2. The average molecular weight is 378 g/mol. The van der Waals surface area contributed by atoms with Gasteiger partial charge in [-0.2, -0.15) is 0 Å². The van der Waals surface area contributed by atoms with Gasteiger partial charge in [-0.1, -0.05) is 22.0 Å². The maximum Gasteiger partial charge on any atom is 0.253 e. The third-order valence-corrected chi connectivity index (χ3v) is 4.40. The first-order valence-corrected chi connectivity index (χ1v) is 8.39. The van der Waals surface area contributed by atoms with Crippen molar-refractivity contribution in [2.24, 2.45) is 0 Å². The monoisotopic (exact) mass is 377 g/mol. The van der Waals surface area contributed by atoms with E-state index in [1.807, 2.05) is 4.90 Å². The van der Waals surface area contributed by atoms with Crippen LogP contribution in [0.4, 0.5) is 4.39 Å². The van der Waals surface area contributed by atoms with Crippen LogP contribution in [0.5, 0.6) is 5.75 Å². The van der Waals surface area contributed by atoms with Crippen molar-refractivity contribution >= 4 is 21.8 Å². The lowest BCUT2D eigenvalue weighted by atomic mass is 10.2. The minimum absolute atomic E-state index is 0.0630. The van der Waals surface area contributed by atoms with Gasteiger partial charge < -0.3 is 9.64 Å². The van der Waals surface area contributed by atoms with E-state index in [9.17, 15) is 9.18 Å². The fraction of sp³-hybridized carbons (Fsp3) is 0.278. The van der Waals surface area contributed by atoms with E-state index in [2.05, 4.69) is 15.9 Å². The predicted molar refractivity (Wildman–Crippen MR) is 90.0 cm³/mol. The maximum atomic E-state index is 13.7. The molecule has 0 aliphatic carbocycles. The highest BCUT2D eigenvalue weighted by Gasteiger charge is 2.19. The van der Waals surface area contributed by atoms with E-state index in [0.29, 0.717) is 21.3 Å². The van der Waals surface area contributed by atoms with Crippen LogP contribution in [0.1, 0.15) is 28.8 Å². The quantitative estimate of drug-likeness (QED) is 0.789. The molecular formula is C18H17BrFNO2. The van der Waals surface area contributed by atoms with Crippen LogP contribution in [-0.2, 0) is 6.61 Å². The van der Waals surface area contributed by atoms with Gasteiger partial charge in [-0.25, -0.2) is 4.39 Å². The Labute approximate surface area is 143 Å². The molecule has 5 heteroatoms. The first kappa shape index (κ1) is 16.0. The van der Waals surface area contributed by atoms with E-state index in [-0.39, 0.29) is 18.3 Å². The summed E-state index contributed by atoms with van der Waals surface area (Å²) in [4.78, 5) is 14.1. The Hall–Kier alpha value is -1.88. The van der Waals surface area contributed by atoms with Gasteiger partial charge in [0.2, 0.25) is 0 Å². The number of carbonyl (C=O) groups excluding carboxylic acids is 1. The summed E-state index contributed by atoms with van der Waals surface area (Å²) in [6.45, 7) is 1.82. The average Bonchev–Trinajstić information content (AvgIpc) is 3.08. The molecule has 0 radical (unpaired) electrons. The molecule has 0 N–H and O–H groups in total. The second-order valence-corrected chi connectivity index (χ2v) is 6.46. The normalized spacial score (nSPS) is 14.1. The van der Waals surface area contributed by atoms with Gasteiger partial charge >= 0.3 is 0 Å². The van der Waals surface area contributed by atoms with E-state index in [1.54, 1.807) is 36.4 Å². The first-order valence-electron chi connectivity index (χ1n) is 7.59. The molecule has 1 saturated heterocycles. The molecule has 2 aromatic rings. The zero-order valence-corrected chi connectivity index (χ0v) is 14.2. The van der Waals surface area contributed by atoms with Crippen LogP contribution >= 0.6 is 15.9 Å². The van der Waals surface area contributed by atoms with Crippen LogP contribution < -0.4 is 4.74 Å². The number of hydrogen-bond donors (Lipinski definition) is 0. The molecule has 1 heterocycles. The van der Waals surface area contributed by atoms with Gasteiger partial charge in [-0.3, -0.25) is 4.79 Å². The molecule has 0 atom stereocenters. The topological polar surface area (TPSA) is 29.5 Å². The second kappa shape index (κ2) is 7.13. The third-order valence-electron chi connectivity index (χ3n) is 3.90. The van der Waals surface area contributed by atoms with Gasteiger partial charge in [0.15, 0.2) is 0 Å². The summed E-state index contributed by atoms with van der Waals surface area (Å²) in [6, 6.07) is 11.9. The van der Waals surface area contributed by atoms with Crippen molar-refractivity contribution in [1.82, 2.24) is 4.90 Å². The van der Waals surface area contributed by atoms with E-state index in [0.717, 1.165) is 25.9 Å². The summed E-state index contributed by atoms with van der Waals surface area (Å²) < 4.78 is 20.0. The van der Waals surface area contributed by atoms with Gasteiger partial charge in [0, 0.05) is 28.7 Å². The minimum Gasteiger partial charge on any atom is -0.489 e. The number of nitrogens with zero attached hydrogens (tertiary/aromatic N) is 1. The number of benzene rings is 2. The van der Waals surface area contributed by atoms with Gasteiger partial charge in [0.25, 0.3) is 5.91 Å². The molecule has 0 spiro atoms. The number of carbonyl (C=O) groups is 1. The molecular weight excluding hydrogens is 361 g/mol. The van der Waals surface area contributed by atoms with Crippen molar-refractivity contribution in [3.05, 3.63) is 63.9 Å². The van der Waals surface area contributed by atoms with E-state index >= 15 is 0 Å². The largest absolute Gasteiger partial charge is 0.489 e. The third kappa shape index (κ3) is 3.91. The lowest BCUT2D eigenvalue weighted by Crippen LogP contribution is -2.27. The van der Waals surface area contributed by atoms with E-state index < -0.39 is 0 Å². The Morgan fingerprint density at radius 3 is 2.48 bits per heavy atom. The van der Waals surface area contributed by atoms with Crippen molar-refractivity contribution in [2.45, 2.75) is 19.4 Å². The molecule has 1 amide bonds. The molecule has 1 fully saturated rings. The smallest absolute Gasteiger partial charge is 0.253 e. The van der Waals surface area contributed by atoms with Crippen molar-refractivity contribution in [3.63, 3.8) is 0 Å². The fourth-order valence-corrected chi connectivity index (χ4v) is 2.93. The van der Waals surface area contributed by atoms with Crippen LogP contribution in [0.3, 0.4) is 0 Å². The molecule has 120 valence electrons. The summed E-state index contributed by atoms with van der Waals surface area (Å²) in [6.07, 6.45) is 2.15. The number of hydrogen-bond acceptors (Lipinski definition) is 2. The zero-order valence-electron chi connectivity index (χ0n) is 12.6. The number of ether oxygens (including phenoxy) is 1. The molecule has 23 heavy (non-hydrogen) atoms. The highest BCUT2D eigenvalue weighted by atomic mass is 79.9. The van der Waals surface area contributed by atoms with Gasteiger partial charge in [0.05, 0.1) is 0 Å². The lowest BCUT2D eigenvalue weighted by molar-refractivity contribution is 0.0793. The summed E-state index contributed by atoms with van der Waals surface area (Å²) in [5, 5.41) is 0. The van der Waals surface area contributed by atoms with E-state index in [1.165, 1.54) is 6.07 Å². The van der Waals surface area contributed by atoms with Gasteiger partial charge in [-0.15, -0.1) is 0 Å². The number of likely N-dealkylation sites (tertiary alicyclic amines) is 1. The van der Waals surface area contributed by atoms with Crippen LogP contribution in [-0.4, -0.2) is 23.9 Å². The standard InChI is InChI=1S/C18H17BrFNO2/c19-15-6-3-14(17(20)11-15)12-23-16-7-4-13(5-8-16)18(22)21-9-1-2-10-21/h3-8,11H,1-2,9-10,12H2. The molecule has 3 nitrogen and oxygen atoms in total. The predicted octanol–water partition coefficient (Wildman–Crippen LogP) is 4.40. The number of halogens is 2. The Morgan fingerprint density at radius 1 is 1.13 bits per heavy atom.